The Labute approximate surface area is 171 Å². The van der Waals surface area contributed by atoms with Crippen molar-refractivity contribution < 1.29 is 18.9 Å². The fourth-order valence-corrected chi connectivity index (χ4v) is 7.77. The van der Waals surface area contributed by atoms with Crippen molar-refractivity contribution in [2.24, 2.45) is 22.7 Å². The molecule has 5 rings (SSSR count). The minimum atomic E-state index is -0.272. The highest BCUT2D eigenvalue weighted by Gasteiger charge is 2.80. The average molecular weight is 393 g/mol. The highest BCUT2D eigenvalue weighted by atomic mass is 16.7. The minimum absolute atomic E-state index is 0.0140. The van der Waals surface area contributed by atoms with Crippen LogP contribution < -0.4 is 0 Å². The second-order valence-corrected chi connectivity index (χ2v) is 11.1. The molecule has 0 spiro atoms. The maximum Gasteiger partial charge on any atom is 0.116 e. The molecular weight excluding hydrogens is 352 g/mol. The molecule has 0 aromatic carbocycles. The topological polar surface area (TPSA) is 36.9 Å². The van der Waals surface area contributed by atoms with Crippen LogP contribution in [0.5, 0.6) is 0 Å². The van der Waals surface area contributed by atoms with Gasteiger partial charge in [-0.15, -0.1) is 0 Å². The molecule has 0 N–H and O–H groups in total. The van der Waals surface area contributed by atoms with Crippen LogP contribution in [0.2, 0.25) is 0 Å². The van der Waals surface area contributed by atoms with Crippen LogP contribution >= 0.6 is 0 Å². The first-order valence-electron chi connectivity index (χ1n) is 11.8. The van der Waals surface area contributed by atoms with Gasteiger partial charge >= 0.3 is 0 Å². The summed E-state index contributed by atoms with van der Waals surface area (Å²) in [5.74, 6) is 1.27. The summed E-state index contributed by atoms with van der Waals surface area (Å²) in [7, 11) is 0. The van der Waals surface area contributed by atoms with Crippen molar-refractivity contribution >= 4 is 0 Å². The molecule has 2 saturated heterocycles. The maximum atomic E-state index is 6.73. The molecule has 160 valence electrons. The van der Waals surface area contributed by atoms with Gasteiger partial charge in [0, 0.05) is 0 Å². The molecule has 0 amide bonds. The van der Waals surface area contributed by atoms with Gasteiger partial charge in [-0.2, -0.15) is 0 Å². The number of fused-ring (bicyclic) bond motifs is 8. The van der Waals surface area contributed by atoms with E-state index in [4.69, 9.17) is 18.9 Å². The summed E-state index contributed by atoms with van der Waals surface area (Å²) < 4.78 is 26.9. The molecule has 28 heavy (non-hydrogen) atoms. The monoisotopic (exact) mass is 392 g/mol. The van der Waals surface area contributed by atoms with Crippen LogP contribution in [0.1, 0.15) is 81.1 Å². The van der Waals surface area contributed by atoms with Crippen molar-refractivity contribution in [1.29, 1.82) is 0 Å². The highest BCUT2D eigenvalue weighted by Crippen LogP contribution is 2.77. The van der Waals surface area contributed by atoms with Gasteiger partial charge in [0.05, 0.1) is 23.4 Å². The molecule has 0 bridgehead atoms. The summed E-state index contributed by atoms with van der Waals surface area (Å²) in [6.45, 7) is 18.5. The van der Waals surface area contributed by atoms with Crippen molar-refractivity contribution in [1.82, 2.24) is 0 Å². The molecule has 12 atom stereocenters. The predicted octanol–water partition coefficient (Wildman–Crippen LogP) is 4.73. The van der Waals surface area contributed by atoms with Crippen LogP contribution in [0, 0.1) is 22.7 Å². The van der Waals surface area contributed by atoms with Gasteiger partial charge in [0.25, 0.3) is 0 Å². The van der Waals surface area contributed by atoms with E-state index in [-0.39, 0.29) is 47.8 Å². The highest BCUT2D eigenvalue weighted by molar-refractivity contribution is 5.27. The second kappa shape index (κ2) is 5.75. The molecule has 4 nitrogen and oxygen atoms in total. The molecule has 0 radical (unpaired) electrons. The van der Waals surface area contributed by atoms with Gasteiger partial charge in [0.2, 0.25) is 0 Å². The van der Waals surface area contributed by atoms with Crippen molar-refractivity contribution in [3.63, 3.8) is 0 Å². The Morgan fingerprint density at radius 1 is 0.500 bits per heavy atom. The molecule has 2 heterocycles. The molecule has 2 aliphatic heterocycles. The largest absolute Gasteiger partial charge is 0.366 e. The van der Waals surface area contributed by atoms with Crippen molar-refractivity contribution in [3.05, 3.63) is 0 Å². The zero-order valence-electron chi connectivity index (χ0n) is 19.1. The predicted molar refractivity (Wildman–Crippen MR) is 108 cm³/mol. The second-order valence-electron chi connectivity index (χ2n) is 11.1. The van der Waals surface area contributed by atoms with Crippen molar-refractivity contribution in [2.45, 2.75) is 129 Å². The first-order chi connectivity index (χ1) is 13.1. The summed E-state index contributed by atoms with van der Waals surface area (Å²) in [4.78, 5) is 0. The third-order valence-corrected chi connectivity index (χ3v) is 10.8. The van der Waals surface area contributed by atoms with E-state index in [1.807, 2.05) is 0 Å². The Morgan fingerprint density at radius 3 is 1.14 bits per heavy atom. The summed E-state index contributed by atoms with van der Waals surface area (Å²) >= 11 is 0. The minimum Gasteiger partial charge on any atom is -0.366 e. The lowest BCUT2D eigenvalue weighted by atomic mass is 9.29. The van der Waals surface area contributed by atoms with Crippen molar-refractivity contribution in [2.75, 3.05) is 0 Å². The Morgan fingerprint density at radius 2 is 0.857 bits per heavy atom. The zero-order chi connectivity index (χ0) is 20.3. The van der Waals surface area contributed by atoms with E-state index in [0.29, 0.717) is 22.7 Å². The third-order valence-electron chi connectivity index (χ3n) is 10.8. The van der Waals surface area contributed by atoms with E-state index >= 15 is 0 Å². The van der Waals surface area contributed by atoms with E-state index in [1.165, 1.54) is 12.8 Å². The molecule has 0 aromatic rings. The first-order valence-corrected chi connectivity index (χ1v) is 11.8. The van der Waals surface area contributed by atoms with Gasteiger partial charge in [-0.05, 0) is 62.2 Å². The van der Waals surface area contributed by atoms with E-state index in [1.54, 1.807) is 0 Å². The third kappa shape index (κ3) is 1.89. The fourth-order valence-electron chi connectivity index (χ4n) is 7.77. The summed E-state index contributed by atoms with van der Waals surface area (Å²) in [5.41, 5.74) is 0.169. The molecule has 5 aliphatic rings. The number of rotatable bonds is 4. The normalized spacial score (nSPS) is 64.3. The van der Waals surface area contributed by atoms with Gasteiger partial charge in [0.1, 0.15) is 24.4 Å². The van der Waals surface area contributed by atoms with Crippen molar-refractivity contribution in [3.8, 4) is 0 Å². The summed E-state index contributed by atoms with van der Waals surface area (Å²) in [5, 5.41) is 0. The maximum absolute atomic E-state index is 6.73. The van der Waals surface area contributed by atoms with Gasteiger partial charge < -0.3 is 18.9 Å². The van der Waals surface area contributed by atoms with Gasteiger partial charge in [0.15, 0.2) is 0 Å². The van der Waals surface area contributed by atoms with Gasteiger partial charge in [-0.25, -0.2) is 0 Å². The lowest BCUT2D eigenvalue weighted by Gasteiger charge is -2.80. The van der Waals surface area contributed by atoms with Gasteiger partial charge in [-0.3, -0.25) is 0 Å². The van der Waals surface area contributed by atoms with Crippen LogP contribution in [0.25, 0.3) is 0 Å². The molecule has 3 saturated carbocycles. The van der Waals surface area contributed by atoms with Crippen LogP contribution in [-0.2, 0) is 18.9 Å². The zero-order valence-corrected chi connectivity index (χ0v) is 19.1. The Kier molecular flexibility index (Phi) is 4.06. The molecule has 12 unspecified atom stereocenters. The SMILES string of the molecule is CCC1(C)OC2C3OC4C(OC3C2OC1(C)CC)C1C4C(C)(CC)C1(C)CC. The Hall–Kier alpha value is -0.160. The number of hydrogen-bond acceptors (Lipinski definition) is 4. The van der Waals surface area contributed by atoms with Crippen LogP contribution in [0.3, 0.4) is 0 Å². The van der Waals surface area contributed by atoms with Gasteiger partial charge in [-0.1, -0.05) is 41.5 Å². The van der Waals surface area contributed by atoms with Crippen LogP contribution in [0.15, 0.2) is 0 Å². The number of ether oxygens (including phenoxy) is 4. The Balaban J connectivity index is 1.38. The smallest absolute Gasteiger partial charge is 0.116 e. The van der Waals surface area contributed by atoms with E-state index in [9.17, 15) is 0 Å². The summed E-state index contributed by atoms with van der Waals surface area (Å²) in [6.07, 6.45) is 4.90. The molecule has 0 aromatic heterocycles. The van der Waals surface area contributed by atoms with Crippen LogP contribution in [0.4, 0.5) is 0 Å². The summed E-state index contributed by atoms with van der Waals surface area (Å²) in [6, 6.07) is 0. The van der Waals surface area contributed by atoms with E-state index in [0.717, 1.165) is 12.8 Å². The quantitative estimate of drug-likeness (QED) is 0.693. The van der Waals surface area contributed by atoms with E-state index < -0.39 is 0 Å². The Bertz CT molecular complexity index is 595. The number of hydrogen-bond donors (Lipinski definition) is 0. The molecule has 5 fully saturated rings. The molecule has 3 aliphatic carbocycles. The van der Waals surface area contributed by atoms with Crippen LogP contribution in [-0.4, -0.2) is 47.8 Å². The lowest BCUT2D eigenvalue weighted by molar-refractivity contribution is -0.475. The average Bonchev–Trinajstić information content (AvgIpc) is 2.69. The molecular formula is C24H40O4. The standard InChI is InChI=1S/C24H40O4/c1-9-21(5)13-14(22(21,6)10-2)16-15(13)25-17-18(26-16)20-19(17)27-23(7,11-3)24(8,12-4)28-20/h13-20H,9-12H2,1-8H3. The fraction of sp³-hybridized carbons (Fsp3) is 1.00. The van der Waals surface area contributed by atoms with E-state index in [2.05, 4.69) is 55.4 Å². The molecule has 4 heteroatoms. The lowest BCUT2D eigenvalue weighted by Crippen LogP contribution is -2.87. The first kappa shape index (κ1) is 19.8.